The minimum absolute atomic E-state index is 0.204. The molecule has 2 heterocycles. The van der Waals surface area contributed by atoms with Crippen molar-refractivity contribution in [2.45, 2.75) is 29.2 Å². The van der Waals surface area contributed by atoms with Gasteiger partial charge in [-0.1, -0.05) is 0 Å². The molecule has 0 atom stereocenters. The summed E-state index contributed by atoms with van der Waals surface area (Å²) in [6.07, 6.45) is 5.56. The van der Waals surface area contributed by atoms with Gasteiger partial charge in [-0.05, 0) is 24.6 Å². The van der Waals surface area contributed by atoms with Crippen LogP contribution in [0.3, 0.4) is 0 Å². The van der Waals surface area contributed by atoms with Gasteiger partial charge >= 0.3 is 5.69 Å². The molecule has 0 amide bonds. The van der Waals surface area contributed by atoms with Gasteiger partial charge < -0.3 is 0 Å². The van der Waals surface area contributed by atoms with Crippen molar-refractivity contribution in [3.63, 3.8) is 0 Å². The number of aromatic nitrogens is 5. The third-order valence-corrected chi connectivity index (χ3v) is 3.41. The average Bonchev–Trinajstić information content (AvgIpc) is 3.16. The predicted molar refractivity (Wildman–Crippen MR) is 62.7 cm³/mol. The molecule has 0 saturated heterocycles. The lowest BCUT2D eigenvalue weighted by Crippen LogP contribution is -2.16. The molecule has 0 aliphatic heterocycles. The van der Waals surface area contributed by atoms with Crippen LogP contribution in [-0.4, -0.2) is 31.0 Å². The summed E-state index contributed by atoms with van der Waals surface area (Å²) in [6, 6.07) is 0.244. The van der Waals surface area contributed by atoms with Crippen LogP contribution in [0, 0.1) is 0 Å². The number of aldehydes is 1. The first-order chi connectivity index (χ1) is 8.78. The number of hydrogen-bond acceptors (Lipinski definition) is 6. The first kappa shape index (κ1) is 11.1. The van der Waals surface area contributed by atoms with E-state index in [1.54, 1.807) is 4.57 Å². The van der Waals surface area contributed by atoms with E-state index in [1.807, 2.05) is 0 Å². The summed E-state index contributed by atoms with van der Waals surface area (Å²) in [4.78, 5) is 30.1. The second-order valence-electron chi connectivity index (χ2n) is 3.93. The van der Waals surface area contributed by atoms with Crippen molar-refractivity contribution >= 4 is 18.0 Å². The molecule has 0 spiro atoms. The number of nitrogens with zero attached hydrogens (tertiary/aromatic N) is 4. The number of hydrogen-bond donors (Lipinski definition) is 1. The van der Waals surface area contributed by atoms with Crippen LogP contribution in [0.2, 0.25) is 0 Å². The van der Waals surface area contributed by atoms with E-state index in [0.29, 0.717) is 22.2 Å². The Labute approximate surface area is 106 Å². The Morgan fingerprint density at radius 3 is 2.72 bits per heavy atom. The van der Waals surface area contributed by atoms with E-state index < -0.39 is 0 Å². The molecule has 1 saturated carbocycles. The molecule has 7 nitrogen and oxygen atoms in total. The van der Waals surface area contributed by atoms with Gasteiger partial charge in [0, 0.05) is 18.4 Å². The van der Waals surface area contributed by atoms with Gasteiger partial charge in [-0.15, -0.1) is 5.10 Å². The Hall–Kier alpha value is -1.96. The van der Waals surface area contributed by atoms with Crippen molar-refractivity contribution in [1.29, 1.82) is 0 Å². The van der Waals surface area contributed by atoms with E-state index in [0.717, 1.165) is 12.8 Å². The minimum Gasteiger partial charge on any atom is -0.298 e. The van der Waals surface area contributed by atoms with E-state index in [1.165, 1.54) is 24.2 Å². The monoisotopic (exact) mass is 263 g/mol. The van der Waals surface area contributed by atoms with E-state index in [4.69, 9.17) is 0 Å². The Bertz CT molecular complexity index is 628. The van der Waals surface area contributed by atoms with Crippen LogP contribution in [0.25, 0.3) is 0 Å². The van der Waals surface area contributed by atoms with E-state index in [9.17, 15) is 9.59 Å². The first-order valence-electron chi connectivity index (χ1n) is 5.40. The summed E-state index contributed by atoms with van der Waals surface area (Å²) in [7, 11) is 0. The number of H-pyrrole nitrogens is 1. The standard InChI is InChI=1S/C10H9N5O2S/c16-5-6-3-11-8(12-4-6)18-10-14-13-9(17)15(10)7-1-2-7/h3-5,7H,1-2H2,(H,13,17). The van der Waals surface area contributed by atoms with Crippen LogP contribution < -0.4 is 5.69 Å². The highest BCUT2D eigenvalue weighted by atomic mass is 32.2. The summed E-state index contributed by atoms with van der Waals surface area (Å²) in [5, 5.41) is 7.40. The zero-order chi connectivity index (χ0) is 12.5. The average molecular weight is 263 g/mol. The molecule has 3 rings (SSSR count). The van der Waals surface area contributed by atoms with Crippen molar-refractivity contribution < 1.29 is 4.79 Å². The van der Waals surface area contributed by atoms with Gasteiger partial charge in [-0.3, -0.25) is 9.36 Å². The summed E-state index contributed by atoms with van der Waals surface area (Å²) in [5.74, 6) is 0. The molecule has 92 valence electrons. The van der Waals surface area contributed by atoms with Crippen molar-refractivity contribution in [3.05, 3.63) is 28.4 Å². The Morgan fingerprint density at radius 1 is 1.39 bits per heavy atom. The molecule has 0 radical (unpaired) electrons. The van der Waals surface area contributed by atoms with Gasteiger partial charge in [-0.25, -0.2) is 19.9 Å². The normalized spacial score (nSPS) is 14.7. The summed E-state index contributed by atoms with van der Waals surface area (Å²) in [5.41, 5.74) is 0.213. The molecular formula is C10H9N5O2S. The third-order valence-electron chi connectivity index (χ3n) is 2.55. The fourth-order valence-corrected chi connectivity index (χ4v) is 2.33. The van der Waals surface area contributed by atoms with Crippen molar-refractivity contribution in [2.75, 3.05) is 0 Å². The van der Waals surface area contributed by atoms with Crippen molar-refractivity contribution in [3.8, 4) is 0 Å². The highest BCUT2D eigenvalue weighted by molar-refractivity contribution is 7.99. The summed E-state index contributed by atoms with van der Waals surface area (Å²) < 4.78 is 1.63. The van der Waals surface area contributed by atoms with Crippen LogP contribution in [0.1, 0.15) is 29.2 Å². The smallest absolute Gasteiger partial charge is 0.298 e. The third kappa shape index (κ3) is 2.06. The molecule has 18 heavy (non-hydrogen) atoms. The second kappa shape index (κ2) is 4.37. The van der Waals surface area contributed by atoms with Gasteiger partial charge in [0.1, 0.15) is 0 Å². The number of carbonyl (C=O) groups is 1. The lowest BCUT2D eigenvalue weighted by Gasteiger charge is -2.01. The second-order valence-corrected chi connectivity index (χ2v) is 4.87. The lowest BCUT2D eigenvalue weighted by atomic mass is 10.4. The van der Waals surface area contributed by atoms with E-state index >= 15 is 0 Å². The van der Waals surface area contributed by atoms with E-state index in [2.05, 4.69) is 20.2 Å². The molecule has 0 aromatic carbocycles. The zero-order valence-corrected chi connectivity index (χ0v) is 10.1. The molecular weight excluding hydrogens is 254 g/mol. The van der Waals surface area contributed by atoms with Crippen LogP contribution in [0.15, 0.2) is 27.5 Å². The molecule has 1 N–H and O–H groups in total. The first-order valence-corrected chi connectivity index (χ1v) is 6.21. The van der Waals surface area contributed by atoms with Crippen molar-refractivity contribution in [2.24, 2.45) is 0 Å². The summed E-state index contributed by atoms with van der Waals surface area (Å²) >= 11 is 1.21. The number of aromatic amines is 1. The molecule has 1 fully saturated rings. The lowest BCUT2D eigenvalue weighted by molar-refractivity contribution is 0.112. The number of rotatable bonds is 4. The molecule has 2 aromatic rings. The fraction of sp³-hybridized carbons (Fsp3) is 0.300. The SMILES string of the molecule is O=Cc1cnc(Sc2n[nH]c(=O)n2C2CC2)nc1. The maximum absolute atomic E-state index is 11.6. The van der Waals surface area contributed by atoms with Gasteiger partial charge in [0.05, 0.1) is 5.56 Å². The maximum Gasteiger partial charge on any atom is 0.344 e. The number of carbonyl (C=O) groups excluding carboxylic acids is 1. The minimum atomic E-state index is -0.204. The van der Waals surface area contributed by atoms with Gasteiger partial charge in [0.25, 0.3) is 0 Å². The summed E-state index contributed by atoms with van der Waals surface area (Å²) in [6.45, 7) is 0. The van der Waals surface area contributed by atoms with Gasteiger partial charge in [0.2, 0.25) is 0 Å². The van der Waals surface area contributed by atoms with Crippen molar-refractivity contribution in [1.82, 2.24) is 24.7 Å². The molecule has 8 heteroatoms. The highest BCUT2D eigenvalue weighted by Gasteiger charge is 2.29. The van der Waals surface area contributed by atoms with E-state index in [-0.39, 0.29) is 11.7 Å². The van der Waals surface area contributed by atoms with Crippen LogP contribution in [0.5, 0.6) is 0 Å². The van der Waals surface area contributed by atoms with Crippen LogP contribution in [-0.2, 0) is 0 Å². The Morgan fingerprint density at radius 2 is 2.11 bits per heavy atom. The highest BCUT2D eigenvalue weighted by Crippen LogP contribution is 2.36. The molecule has 0 bridgehead atoms. The Kier molecular flexibility index (Phi) is 2.71. The van der Waals surface area contributed by atoms with Crippen LogP contribution >= 0.6 is 11.8 Å². The van der Waals surface area contributed by atoms with Crippen LogP contribution in [0.4, 0.5) is 0 Å². The quantitative estimate of drug-likeness (QED) is 0.643. The topological polar surface area (TPSA) is 93.5 Å². The zero-order valence-electron chi connectivity index (χ0n) is 9.24. The largest absolute Gasteiger partial charge is 0.344 e. The van der Waals surface area contributed by atoms with Gasteiger partial charge in [-0.2, -0.15) is 0 Å². The molecule has 1 aliphatic carbocycles. The Balaban J connectivity index is 1.87. The molecule has 1 aliphatic rings. The fourth-order valence-electron chi connectivity index (χ4n) is 1.54. The van der Waals surface area contributed by atoms with Gasteiger partial charge in [0.15, 0.2) is 16.6 Å². The molecule has 2 aromatic heterocycles. The maximum atomic E-state index is 11.6. The predicted octanol–water partition coefficient (Wildman–Crippen LogP) is 0.660. The number of nitrogens with one attached hydrogen (secondary N) is 1. The molecule has 0 unspecified atom stereocenters.